The lowest BCUT2D eigenvalue weighted by molar-refractivity contribution is 0.513. The number of hydrogen-bond acceptors (Lipinski definition) is 2. The molecule has 0 amide bonds. The molecule has 0 spiro atoms. The van der Waals surface area contributed by atoms with Gasteiger partial charge in [0.25, 0.3) is 0 Å². The molecule has 3 heteroatoms. The summed E-state index contributed by atoms with van der Waals surface area (Å²) in [5, 5.41) is 14.4. The van der Waals surface area contributed by atoms with E-state index in [1.165, 1.54) is 5.39 Å². The van der Waals surface area contributed by atoms with Crippen LogP contribution in [0.1, 0.15) is 11.1 Å². The van der Waals surface area contributed by atoms with Gasteiger partial charge in [-0.2, -0.15) is 0 Å². The highest BCUT2D eigenvalue weighted by atomic mass is 16.3. The van der Waals surface area contributed by atoms with Crippen LogP contribution in [-0.4, -0.2) is 10.1 Å². The van der Waals surface area contributed by atoms with Crippen LogP contribution in [0, 0.1) is 0 Å². The Morgan fingerprint density at radius 2 is 1.48 bits per heavy atom. The highest BCUT2D eigenvalue weighted by Crippen LogP contribution is 2.32. The lowest BCUT2D eigenvalue weighted by Crippen LogP contribution is -2.02. The van der Waals surface area contributed by atoms with Gasteiger partial charge in [0.2, 0.25) is 0 Å². The smallest absolute Gasteiger partial charge is 0.116 e. The first-order valence-electron chi connectivity index (χ1n) is 8.74. The number of nitrogens with one attached hydrogen (secondary N) is 2. The van der Waals surface area contributed by atoms with E-state index in [1.807, 2.05) is 54.6 Å². The summed E-state index contributed by atoms with van der Waals surface area (Å²) in [7, 11) is 0. The molecule has 0 saturated heterocycles. The molecule has 1 aromatic heterocycles. The number of aliphatic hydroxyl groups excluding tert-OH is 1. The van der Waals surface area contributed by atoms with Crippen molar-refractivity contribution < 1.29 is 5.11 Å². The van der Waals surface area contributed by atoms with Crippen LogP contribution in [0.5, 0.6) is 0 Å². The molecule has 0 fully saturated rings. The lowest BCUT2D eigenvalue weighted by atomic mass is 10.0. The molecule has 0 aliphatic rings. The third-order valence-electron chi connectivity index (χ3n) is 4.60. The monoisotopic (exact) mass is 352 g/mol. The topological polar surface area (TPSA) is 48.0 Å². The Bertz CT molecular complexity index is 1120. The van der Waals surface area contributed by atoms with Gasteiger partial charge >= 0.3 is 0 Å². The SMILES string of the molecule is C=C(O)c1ccccc1C(=C)Nc1ccccc1-c1cc2ccccc2[nH]1. The summed E-state index contributed by atoms with van der Waals surface area (Å²) in [5.74, 6) is 0.0254. The minimum absolute atomic E-state index is 0.0254. The number of aromatic nitrogens is 1. The van der Waals surface area contributed by atoms with E-state index in [-0.39, 0.29) is 5.76 Å². The van der Waals surface area contributed by atoms with Gasteiger partial charge in [-0.25, -0.2) is 0 Å². The second-order valence-electron chi connectivity index (χ2n) is 6.41. The average Bonchev–Trinajstić information content (AvgIpc) is 3.12. The van der Waals surface area contributed by atoms with Gasteiger partial charge in [-0.1, -0.05) is 73.8 Å². The van der Waals surface area contributed by atoms with Crippen molar-refractivity contribution in [3.8, 4) is 11.3 Å². The molecule has 0 atom stereocenters. The van der Waals surface area contributed by atoms with Crippen LogP contribution >= 0.6 is 0 Å². The molecule has 3 nitrogen and oxygen atoms in total. The molecule has 0 aliphatic carbocycles. The molecule has 132 valence electrons. The zero-order valence-electron chi connectivity index (χ0n) is 14.9. The fourth-order valence-electron chi connectivity index (χ4n) is 3.27. The molecule has 3 N–H and O–H groups in total. The molecular formula is C24H20N2O. The maximum Gasteiger partial charge on any atom is 0.116 e. The summed E-state index contributed by atoms with van der Waals surface area (Å²) in [6, 6.07) is 26.0. The highest BCUT2D eigenvalue weighted by molar-refractivity contribution is 5.91. The molecule has 0 aliphatic heterocycles. The first-order valence-corrected chi connectivity index (χ1v) is 8.74. The fourth-order valence-corrected chi connectivity index (χ4v) is 3.27. The van der Waals surface area contributed by atoms with Gasteiger partial charge in [0.05, 0.1) is 0 Å². The molecule has 4 aromatic rings. The number of hydrogen-bond donors (Lipinski definition) is 3. The van der Waals surface area contributed by atoms with Gasteiger partial charge < -0.3 is 15.4 Å². The van der Waals surface area contributed by atoms with Gasteiger partial charge in [0, 0.05) is 44.7 Å². The summed E-state index contributed by atoms with van der Waals surface area (Å²) < 4.78 is 0. The van der Waals surface area contributed by atoms with Gasteiger partial charge in [-0.15, -0.1) is 0 Å². The van der Waals surface area contributed by atoms with Crippen LogP contribution in [0.4, 0.5) is 5.69 Å². The number of anilines is 1. The van der Waals surface area contributed by atoms with Crippen LogP contribution in [-0.2, 0) is 0 Å². The number of H-pyrrole nitrogens is 1. The summed E-state index contributed by atoms with van der Waals surface area (Å²) in [5.41, 5.74) is 6.30. The Morgan fingerprint density at radius 1 is 0.815 bits per heavy atom. The normalized spacial score (nSPS) is 10.7. The quantitative estimate of drug-likeness (QED) is 0.362. The second kappa shape index (κ2) is 6.89. The Hall–Kier alpha value is -3.72. The lowest BCUT2D eigenvalue weighted by Gasteiger charge is -2.16. The fraction of sp³-hybridized carbons (Fsp3) is 0. The summed E-state index contributed by atoms with van der Waals surface area (Å²) >= 11 is 0. The van der Waals surface area contributed by atoms with Gasteiger partial charge in [-0.3, -0.25) is 0 Å². The first kappa shape index (κ1) is 16.7. The second-order valence-corrected chi connectivity index (χ2v) is 6.41. The minimum Gasteiger partial charge on any atom is -0.508 e. The largest absolute Gasteiger partial charge is 0.508 e. The predicted octanol–water partition coefficient (Wildman–Crippen LogP) is 6.45. The first-order chi connectivity index (χ1) is 13.1. The van der Waals surface area contributed by atoms with Crippen molar-refractivity contribution >= 4 is 28.0 Å². The van der Waals surface area contributed by atoms with E-state index in [0.717, 1.165) is 28.0 Å². The highest BCUT2D eigenvalue weighted by Gasteiger charge is 2.12. The zero-order valence-corrected chi connectivity index (χ0v) is 14.9. The van der Waals surface area contributed by atoms with Crippen LogP contribution in [0.2, 0.25) is 0 Å². The van der Waals surface area contributed by atoms with Crippen molar-refractivity contribution in [3.63, 3.8) is 0 Å². The molecular weight excluding hydrogens is 332 g/mol. The van der Waals surface area contributed by atoms with Crippen LogP contribution in [0.15, 0.2) is 92.0 Å². The summed E-state index contributed by atoms with van der Waals surface area (Å²) in [6.45, 7) is 7.81. The molecule has 4 rings (SSSR count). The van der Waals surface area contributed by atoms with Crippen molar-refractivity contribution in [2.75, 3.05) is 5.32 Å². The third kappa shape index (κ3) is 3.23. The number of rotatable bonds is 5. The number of benzene rings is 3. The van der Waals surface area contributed by atoms with E-state index in [9.17, 15) is 5.11 Å². The molecule has 0 radical (unpaired) electrons. The van der Waals surface area contributed by atoms with Crippen molar-refractivity contribution in [3.05, 3.63) is 103 Å². The van der Waals surface area contributed by atoms with Crippen LogP contribution in [0.3, 0.4) is 0 Å². The van der Waals surface area contributed by atoms with E-state index < -0.39 is 0 Å². The maximum atomic E-state index is 9.86. The van der Waals surface area contributed by atoms with E-state index in [0.29, 0.717) is 11.3 Å². The molecule has 1 heterocycles. The summed E-state index contributed by atoms with van der Waals surface area (Å²) in [4.78, 5) is 3.47. The van der Waals surface area contributed by atoms with Crippen LogP contribution in [0.25, 0.3) is 33.6 Å². The Balaban J connectivity index is 1.72. The Morgan fingerprint density at radius 3 is 2.26 bits per heavy atom. The van der Waals surface area contributed by atoms with E-state index in [4.69, 9.17) is 0 Å². The molecule has 0 unspecified atom stereocenters. The Kier molecular flexibility index (Phi) is 4.27. The molecule has 27 heavy (non-hydrogen) atoms. The van der Waals surface area contributed by atoms with Crippen LogP contribution < -0.4 is 5.32 Å². The number of aromatic amines is 1. The maximum absolute atomic E-state index is 9.86. The van der Waals surface area contributed by atoms with E-state index in [1.54, 1.807) is 0 Å². The average molecular weight is 352 g/mol. The minimum atomic E-state index is 0.0254. The number of fused-ring (bicyclic) bond motifs is 1. The molecule has 0 bridgehead atoms. The van der Waals surface area contributed by atoms with Gasteiger partial charge in [0.1, 0.15) is 5.76 Å². The zero-order chi connectivity index (χ0) is 18.8. The van der Waals surface area contributed by atoms with Crippen molar-refractivity contribution in [1.82, 2.24) is 4.98 Å². The Labute approximate surface area is 158 Å². The predicted molar refractivity (Wildman–Crippen MR) is 114 cm³/mol. The van der Waals surface area contributed by atoms with E-state index >= 15 is 0 Å². The molecule has 3 aromatic carbocycles. The van der Waals surface area contributed by atoms with Crippen molar-refractivity contribution in [1.29, 1.82) is 0 Å². The number of para-hydroxylation sites is 2. The van der Waals surface area contributed by atoms with Crippen molar-refractivity contribution in [2.24, 2.45) is 0 Å². The molecule has 0 saturated carbocycles. The van der Waals surface area contributed by atoms with E-state index in [2.05, 4.69) is 47.7 Å². The number of aliphatic hydroxyl groups is 1. The van der Waals surface area contributed by atoms with Gasteiger partial charge in [-0.05, 0) is 18.2 Å². The van der Waals surface area contributed by atoms with Gasteiger partial charge in [0.15, 0.2) is 0 Å². The standard InChI is InChI=1S/C24H20N2O/c1-16(19-10-4-5-11-20(19)17(2)27)25-23-14-8-6-12-21(23)24-15-18-9-3-7-13-22(18)26-24/h3-15,25-27H,1-2H2. The van der Waals surface area contributed by atoms with Crippen molar-refractivity contribution in [2.45, 2.75) is 0 Å². The third-order valence-corrected chi connectivity index (χ3v) is 4.60. The summed E-state index contributed by atoms with van der Waals surface area (Å²) in [6.07, 6.45) is 0.